The van der Waals surface area contributed by atoms with Gasteiger partial charge in [0.15, 0.2) is 5.78 Å². The smallest absolute Gasteiger partial charge is 0.410 e. The number of anilines is 1. The third-order valence-corrected chi connectivity index (χ3v) is 6.62. The van der Waals surface area contributed by atoms with Gasteiger partial charge in [0.05, 0.1) is 30.9 Å². The van der Waals surface area contributed by atoms with Gasteiger partial charge in [-0.2, -0.15) is 0 Å². The second kappa shape index (κ2) is 9.24. The number of ether oxygens (including phenoxy) is 2. The zero-order valence-corrected chi connectivity index (χ0v) is 18.1. The molecule has 32 heavy (non-hydrogen) atoms. The van der Waals surface area contributed by atoms with Crippen LogP contribution in [0.3, 0.4) is 0 Å². The number of hydrogen-bond acceptors (Lipinski definition) is 7. The van der Waals surface area contributed by atoms with Crippen molar-refractivity contribution in [3.63, 3.8) is 0 Å². The molecule has 0 saturated carbocycles. The predicted octanol–water partition coefficient (Wildman–Crippen LogP) is 3.08. The van der Waals surface area contributed by atoms with Crippen LogP contribution in [0.5, 0.6) is 0 Å². The van der Waals surface area contributed by atoms with E-state index in [0.717, 1.165) is 31.5 Å². The molecular formula is C24H28N4O4. The Hall–Kier alpha value is -3.00. The van der Waals surface area contributed by atoms with Gasteiger partial charge in [-0.3, -0.25) is 9.69 Å². The molecule has 3 aliphatic rings. The molecule has 168 valence electrons. The van der Waals surface area contributed by atoms with Crippen molar-refractivity contribution in [1.82, 2.24) is 14.9 Å². The van der Waals surface area contributed by atoms with Crippen molar-refractivity contribution in [2.75, 3.05) is 31.2 Å². The minimum atomic E-state index is -0.337. The maximum atomic E-state index is 13.2. The van der Waals surface area contributed by atoms with E-state index in [-0.39, 0.29) is 36.5 Å². The lowest BCUT2D eigenvalue weighted by Crippen LogP contribution is -2.59. The lowest BCUT2D eigenvalue weighted by molar-refractivity contribution is -0.0755. The molecule has 8 nitrogen and oxygen atoms in total. The van der Waals surface area contributed by atoms with Crippen LogP contribution in [0.1, 0.15) is 41.6 Å². The monoisotopic (exact) mass is 436 g/mol. The average molecular weight is 437 g/mol. The summed E-state index contributed by atoms with van der Waals surface area (Å²) in [5.74, 6) is 0.570. The number of Topliss-reactive ketones (excluding diaryl/α,β-unsaturated/α-hetero) is 1. The van der Waals surface area contributed by atoms with E-state index in [1.54, 1.807) is 17.3 Å². The summed E-state index contributed by atoms with van der Waals surface area (Å²) in [4.78, 5) is 38.8. The summed E-state index contributed by atoms with van der Waals surface area (Å²) in [5, 5.41) is 0. The van der Waals surface area contributed by atoms with E-state index in [2.05, 4.69) is 14.9 Å². The Morgan fingerprint density at radius 2 is 1.66 bits per heavy atom. The highest BCUT2D eigenvalue weighted by Gasteiger charge is 2.44. The SMILES string of the molecule is O=C(c1cnc(N2CCCC2)nc1)C1CC2COCC(C1)N2C(=O)OCc1ccccc1. The lowest BCUT2D eigenvalue weighted by Gasteiger charge is -2.47. The molecule has 2 aromatic rings. The molecule has 0 aliphatic carbocycles. The number of ketones is 1. The molecule has 1 amide bonds. The average Bonchev–Trinajstić information content (AvgIpc) is 3.37. The molecule has 3 saturated heterocycles. The minimum absolute atomic E-state index is 0.0483. The molecule has 3 fully saturated rings. The summed E-state index contributed by atoms with van der Waals surface area (Å²) >= 11 is 0. The van der Waals surface area contributed by atoms with Gasteiger partial charge in [0.2, 0.25) is 5.95 Å². The topological polar surface area (TPSA) is 84.9 Å². The fraction of sp³-hybridized carbons (Fsp3) is 0.500. The number of carbonyl (C=O) groups is 2. The van der Waals surface area contributed by atoms with Crippen molar-refractivity contribution in [2.45, 2.75) is 44.4 Å². The fourth-order valence-corrected chi connectivity index (χ4v) is 4.99. The van der Waals surface area contributed by atoms with Crippen molar-refractivity contribution in [3.8, 4) is 0 Å². The van der Waals surface area contributed by atoms with Crippen molar-refractivity contribution in [3.05, 3.63) is 53.9 Å². The summed E-state index contributed by atoms with van der Waals surface area (Å²) in [6.45, 7) is 3.01. The number of morpholine rings is 1. The summed E-state index contributed by atoms with van der Waals surface area (Å²) < 4.78 is 11.3. The van der Waals surface area contributed by atoms with Crippen LogP contribution in [0, 0.1) is 5.92 Å². The molecule has 2 bridgehead atoms. The second-order valence-corrected chi connectivity index (χ2v) is 8.79. The minimum Gasteiger partial charge on any atom is -0.445 e. The molecule has 8 heteroatoms. The van der Waals surface area contributed by atoms with Crippen molar-refractivity contribution in [2.24, 2.45) is 5.92 Å². The van der Waals surface area contributed by atoms with E-state index in [1.807, 2.05) is 30.3 Å². The normalized spacial score (nSPS) is 24.9. The first-order valence-electron chi connectivity index (χ1n) is 11.4. The highest BCUT2D eigenvalue weighted by atomic mass is 16.6. The van der Waals surface area contributed by atoms with E-state index in [0.29, 0.717) is 37.6 Å². The Kier molecular flexibility index (Phi) is 6.03. The number of carbonyl (C=O) groups excluding carboxylic acids is 2. The van der Waals surface area contributed by atoms with Crippen LogP contribution >= 0.6 is 0 Å². The molecule has 5 rings (SSSR count). The number of piperidine rings is 1. The van der Waals surface area contributed by atoms with Crippen LogP contribution in [0.15, 0.2) is 42.7 Å². The van der Waals surface area contributed by atoms with Gasteiger partial charge in [0, 0.05) is 31.4 Å². The van der Waals surface area contributed by atoms with Crippen molar-refractivity contribution < 1.29 is 19.1 Å². The van der Waals surface area contributed by atoms with Crippen LogP contribution in [-0.4, -0.2) is 65.1 Å². The van der Waals surface area contributed by atoms with Crippen LogP contribution in [0.2, 0.25) is 0 Å². The molecule has 0 spiro atoms. The maximum absolute atomic E-state index is 13.2. The van der Waals surface area contributed by atoms with Gasteiger partial charge in [-0.25, -0.2) is 14.8 Å². The van der Waals surface area contributed by atoms with Crippen LogP contribution in [0.25, 0.3) is 0 Å². The third kappa shape index (κ3) is 4.32. The Labute approximate surface area is 187 Å². The van der Waals surface area contributed by atoms with Gasteiger partial charge in [0.25, 0.3) is 0 Å². The van der Waals surface area contributed by atoms with Crippen LogP contribution in [-0.2, 0) is 16.1 Å². The van der Waals surface area contributed by atoms with Gasteiger partial charge in [-0.1, -0.05) is 30.3 Å². The predicted molar refractivity (Wildman–Crippen MR) is 117 cm³/mol. The van der Waals surface area contributed by atoms with Crippen molar-refractivity contribution >= 4 is 17.8 Å². The van der Waals surface area contributed by atoms with Gasteiger partial charge in [-0.15, -0.1) is 0 Å². The summed E-state index contributed by atoms with van der Waals surface area (Å²) in [6, 6.07) is 9.31. The third-order valence-electron chi connectivity index (χ3n) is 6.62. The van der Waals surface area contributed by atoms with E-state index in [9.17, 15) is 9.59 Å². The van der Waals surface area contributed by atoms with Gasteiger partial charge < -0.3 is 14.4 Å². The lowest BCUT2D eigenvalue weighted by atomic mass is 9.81. The standard InChI is InChI=1S/C24H28N4O4/c29-22(19-12-25-23(26-13-19)27-8-4-5-9-27)18-10-20-15-31-16-21(11-18)28(20)24(30)32-14-17-6-2-1-3-7-17/h1-3,6-7,12-13,18,20-21H,4-5,8-11,14-16H2. The number of rotatable bonds is 5. The molecule has 4 heterocycles. The number of nitrogens with zero attached hydrogens (tertiary/aromatic N) is 4. The Bertz CT molecular complexity index is 932. The van der Waals surface area contributed by atoms with E-state index < -0.39 is 0 Å². The van der Waals surface area contributed by atoms with Crippen molar-refractivity contribution in [1.29, 1.82) is 0 Å². The second-order valence-electron chi connectivity index (χ2n) is 8.79. The summed E-state index contributed by atoms with van der Waals surface area (Å²) in [5.41, 5.74) is 1.49. The van der Waals surface area contributed by atoms with Gasteiger partial charge in [0.1, 0.15) is 6.61 Å². The molecule has 0 N–H and O–H groups in total. The van der Waals surface area contributed by atoms with Crippen LogP contribution in [0.4, 0.5) is 10.7 Å². The zero-order chi connectivity index (χ0) is 21.9. The van der Waals surface area contributed by atoms with Crippen LogP contribution < -0.4 is 4.90 Å². The molecular weight excluding hydrogens is 408 g/mol. The molecule has 0 radical (unpaired) electrons. The number of amides is 1. The molecule has 1 aromatic carbocycles. The highest BCUT2D eigenvalue weighted by molar-refractivity contribution is 5.97. The van der Waals surface area contributed by atoms with E-state index in [1.165, 1.54) is 0 Å². The van der Waals surface area contributed by atoms with Gasteiger partial charge in [-0.05, 0) is 31.2 Å². The number of hydrogen-bond donors (Lipinski definition) is 0. The first-order chi connectivity index (χ1) is 15.7. The fourth-order valence-electron chi connectivity index (χ4n) is 4.99. The first kappa shape index (κ1) is 20.9. The van der Waals surface area contributed by atoms with E-state index in [4.69, 9.17) is 9.47 Å². The number of aromatic nitrogens is 2. The zero-order valence-electron chi connectivity index (χ0n) is 18.1. The Morgan fingerprint density at radius 3 is 2.31 bits per heavy atom. The maximum Gasteiger partial charge on any atom is 0.410 e. The summed E-state index contributed by atoms with van der Waals surface area (Å²) in [6.07, 6.45) is 6.39. The summed E-state index contributed by atoms with van der Waals surface area (Å²) in [7, 11) is 0. The Balaban J connectivity index is 1.22. The van der Waals surface area contributed by atoms with Gasteiger partial charge >= 0.3 is 6.09 Å². The highest BCUT2D eigenvalue weighted by Crippen LogP contribution is 2.34. The molecule has 3 aliphatic heterocycles. The first-order valence-corrected chi connectivity index (χ1v) is 11.4. The molecule has 1 aromatic heterocycles. The number of fused-ring (bicyclic) bond motifs is 2. The largest absolute Gasteiger partial charge is 0.445 e. The number of benzene rings is 1. The molecule has 2 unspecified atom stereocenters. The molecule has 2 atom stereocenters. The Morgan fingerprint density at radius 1 is 1.00 bits per heavy atom. The quantitative estimate of drug-likeness (QED) is 0.666. The van der Waals surface area contributed by atoms with E-state index >= 15 is 0 Å².